The van der Waals surface area contributed by atoms with Crippen molar-refractivity contribution in [3.05, 3.63) is 22.4 Å². The smallest absolute Gasteiger partial charge is 0.320 e. The Labute approximate surface area is 112 Å². The molecule has 1 rings (SSSR count). The number of aliphatic hydroxyl groups excluding tert-OH is 1. The second-order valence-electron chi connectivity index (χ2n) is 4.70. The van der Waals surface area contributed by atoms with Gasteiger partial charge in [0.1, 0.15) is 12.1 Å². The molecule has 102 valence electrons. The first kappa shape index (κ1) is 15.1. The van der Waals surface area contributed by atoms with E-state index in [1.807, 2.05) is 38.3 Å². The van der Waals surface area contributed by atoms with Crippen LogP contribution in [0.2, 0.25) is 0 Å². The minimum Gasteiger partial charge on any atom is -0.480 e. The second-order valence-corrected chi connectivity index (χ2v) is 5.68. The van der Waals surface area contributed by atoms with Crippen molar-refractivity contribution in [3.8, 4) is 0 Å². The molecule has 0 aliphatic rings. The summed E-state index contributed by atoms with van der Waals surface area (Å²) in [6, 6.07) is 2.88. The maximum Gasteiger partial charge on any atom is 0.320 e. The topological polar surface area (TPSA) is 69.6 Å². The molecule has 3 unspecified atom stereocenters. The summed E-state index contributed by atoms with van der Waals surface area (Å²) in [6.07, 6.45) is -0.172. The summed E-state index contributed by atoms with van der Waals surface area (Å²) in [6.45, 7) is 5.77. The molecule has 0 fully saturated rings. The lowest BCUT2D eigenvalue weighted by atomic mass is 9.96. The fraction of sp³-hybridized carbons (Fsp3) is 0.615. The molecule has 0 aliphatic carbocycles. The molecule has 0 bridgehead atoms. The van der Waals surface area contributed by atoms with Gasteiger partial charge in [-0.2, -0.15) is 0 Å². The molecule has 1 heterocycles. The van der Waals surface area contributed by atoms with Crippen LogP contribution in [0.5, 0.6) is 0 Å². The lowest BCUT2D eigenvalue weighted by molar-refractivity contribution is -0.140. The lowest BCUT2D eigenvalue weighted by Crippen LogP contribution is -2.48. The van der Waals surface area contributed by atoms with Gasteiger partial charge in [-0.1, -0.05) is 26.8 Å². The van der Waals surface area contributed by atoms with Crippen LogP contribution >= 0.6 is 11.3 Å². The number of hydrogen-bond donors (Lipinski definition) is 3. The number of aliphatic carboxylic acids is 1. The van der Waals surface area contributed by atoms with Crippen molar-refractivity contribution >= 4 is 17.3 Å². The summed E-state index contributed by atoms with van der Waals surface area (Å²) in [5.41, 5.74) is 0. The molecule has 5 heteroatoms. The Morgan fingerprint density at radius 3 is 2.56 bits per heavy atom. The van der Waals surface area contributed by atoms with E-state index in [2.05, 4.69) is 5.32 Å². The fourth-order valence-electron chi connectivity index (χ4n) is 1.88. The Hall–Kier alpha value is -0.910. The van der Waals surface area contributed by atoms with Gasteiger partial charge in [-0.15, -0.1) is 11.3 Å². The maximum absolute atomic E-state index is 11.1. The van der Waals surface area contributed by atoms with Gasteiger partial charge in [0.15, 0.2) is 0 Å². The van der Waals surface area contributed by atoms with Crippen LogP contribution in [0.15, 0.2) is 17.5 Å². The van der Waals surface area contributed by atoms with Crippen molar-refractivity contribution in [1.29, 1.82) is 0 Å². The number of carbonyl (C=O) groups is 1. The average Bonchev–Trinajstić information content (AvgIpc) is 2.81. The van der Waals surface area contributed by atoms with Gasteiger partial charge in [0.05, 0.1) is 0 Å². The highest BCUT2D eigenvalue weighted by Crippen LogP contribution is 2.26. The van der Waals surface area contributed by atoms with E-state index in [9.17, 15) is 9.90 Å². The number of carboxylic acids is 1. The van der Waals surface area contributed by atoms with E-state index in [1.54, 1.807) is 0 Å². The average molecular weight is 271 g/mol. The molecule has 1 aromatic rings. The summed E-state index contributed by atoms with van der Waals surface area (Å²) >= 11 is 1.48. The molecule has 0 saturated heterocycles. The highest BCUT2D eigenvalue weighted by molar-refractivity contribution is 7.10. The Bertz CT molecular complexity index is 364. The van der Waals surface area contributed by atoms with Gasteiger partial charge >= 0.3 is 5.97 Å². The van der Waals surface area contributed by atoms with E-state index < -0.39 is 18.1 Å². The summed E-state index contributed by atoms with van der Waals surface area (Å²) in [5.74, 6) is -0.725. The predicted molar refractivity (Wildman–Crippen MR) is 72.8 cm³/mol. The number of hydrogen-bond acceptors (Lipinski definition) is 4. The first-order valence-electron chi connectivity index (χ1n) is 6.17. The van der Waals surface area contributed by atoms with Gasteiger partial charge in [-0.3, -0.25) is 10.1 Å². The van der Waals surface area contributed by atoms with Crippen LogP contribution in [0.4, 0.5) is 0 Å². The van der Waals surface area contributed by atoms with Crippen molar-refractivity contribution in [2.75, 3.05) is 0 Å². The minimum atomic E-state index is -0.874. The fourth-order valence-corrected chi connectivity index (χ4v) is 2.64. The summed E-state index contributed by atoms with van der Waals surface area (Å²) in [4.78, 5) is 11.9. The third-order valence-corrected chi connectivity index (χ3v) is 3.94. The number of rotatable bonds is 7. The molecule has 0 aromatic carbocycles. The van der Waals surface area contributed by atoms with Crippen molar-refractivity contribution < 1.29 is 15.0 Å². The van der Waals surface area contributed by atoms with Gasteiger partial charge in [0, 0.05) is 10.9 Å². The molecule has 0 spiro atoms. The van der Waals surface area contributed by atoms with Crippen LogP contribution in [0.25, 0.3) is 0 Å². The first-order valence-corrected chi connectivity index (χ1v) is 7.05. The summed E-state index contributed by atoms with van der Waals surface area (Å²) in [5, 5.41) is 24.4. The quantitative estimate of drug-likeness (QED) is 0.711. The van der Waals surface area contributed by atoms with Crippen LogP contribution in [-0.2, 0) is 4.79 Å². The van der Waals surface area contributed by atoms with Crippen LogP contribution in [-0.4, -0.2) is 28.3 Å². The van der Waals surface area contributed by atoms with Crippen LogP contribution in [0, 0.1) is 5.92 Å². The first-order chi connectivity index (χ1) is 8.47. The Morgan fingerprint density at radius 1 is 1.50 bits per heavy atom. The molecule has 0 amide bonds. The van der Waals surface area contributed by atoms with Crippen LogP contribution in [0.3, 0.4) is 0 Å². The van der Waals surface area contributed by atoms with Gasteiger partial charge in [-0.05, 0) is 23.8 Å². The van der Waals surface area contributed by atoms with Gasteiger partial charge in [0.2, 0.25) is 0 Å². The Morgan fingerprint density at radius 2 is 2.17 bits per heavy atom. The van der Waals surface area contributed by atoms with Crippen molar-refractivity contribution in [2.45, 2.75) is 45.4 Å². The highest BCUT2D eigenvalue weighted by atomic mass is 32.1. The molecule has 18 heavy (non-hydrogen) atoms. The van der Waals surface area contributed by atoms with Crippen molar-refractivity contribution in [1.82, 2.24) is 5.32 Å². The van der Waals surface area contributed by atoms with E-state index in [1.165, 1.54) is 11.3 Å². The Kier molecular flexibility index (Phi) is 5.78. The minimum absolute atomic E-state index is 0.149. The van der Waals surface area contributed by atoms with E-state index in [0.29, 0.717) is 6.42 Å². The molecule has 0 radical (unpaired) electrons. The van der Waals surface area contributed by atoms with E-state index in [-0.39, 0.29) is 12.0 Å². The zero-order chi connectivity index (χ0) is 13.7. The third kappa shape index (κ3) is 3.80. The molecular weight excluding hydrogens is 250 g/mol. The molecule has 3 N–H and O–H groups in total. The van der Waals surface area contributed by atoms with Crippen molar-refractivity contribution in [2.24, 2.45) is 5.92 Å². The van der Waals surface area contributed by atoms with E-state index in [0.717, 1.165) is 4.88 Å². The lowest BCUT2D eigenvalue weighted by Gasteiger charge is -2.29. The highest BCUT2D eigenvalue weighted by Gasteiger charge is 2.28. The standard InChI is InChI=1S/C13H21NO3S/c1-4-9(13(16)17)14-11(8(2)3)12(15)10-6-5-7-18-10/h5-9,11-12,14-15H,4H2,1-3H3,(H,16,17). The van der Waals surface area contributed by atoms with E-state index >= 15 is 0 Å². The van der Waals surface area contributed by atoms with Gasteiger partial charge in [0.25, 0.3) is 0 Å². The molecule has 0 saturated carbocycles. The third-order valence-electron chi connectivity index (χ3n) is 2.99. The SMILES string of the molecule is CCC(NC(C(C)C)C(O)c1cccs1)C(=O)O. The zero-order valence-electron chi connectivity index (χ0n) is 11.0. The number of thiophene rings is 1. The summed E-state index contributed by atoms with van der Waals surface area (Å²) < 4.78 is 0. The maximum atomic E-state index is 11.1. The van der Waals surface area contributed by atoms with Crippen LogP contribution < -0.4 is 5.32 Å². The van der Waals surface area contributed by atoms with Gasteiger partial charge < -0.3 is 10.2 Å². The number of aliphatic hydroxyl groups is 1. The summed E-state index contributed by atoms with van der Waals surface area (Å²) in [7, 11) is 0. The monoisotopic (exact) mass is 271 g/mol. The Balaban J connectivity index is 2.79. The van der Waals surface area contributed by atoms with Gasteiger partial charge in [-0.25, -0.2) is 0 Å². The zero-order valence-corrected chi connectivity index (χ0v) is 11.8. The van der Waals surface area contributed by atoms with E-state index in [4.69, 9.17) is 5.11 Å². The molecule has 3 atom stereocenters. The largest absolute Gasteiger partial charge is 0.480 e. The molecule has 0 aliphatic heterocycles. The molecule has 4 nitrogen and oxygen atoms in total. The number of carboxylic acid groups (broad SMARTS) is 1. The normalized spacial score (nSPS) is 16.5. The second kappa shape index (κ2) is 6.87. The molecule has 1 aromatic heterocycles. The van der Waals surface area contributed by atoms with Crippen molar-refractivity contribution in [3.63, 3.8) is 0 Å². The molecular formula is C13H21NO3S. The number of nitrogens with one attached hydrogen (secondary N) is 1. The predicted octanol–water partition coefficient (Wildman–Crippen LogP) is 2.26. The van der Waals surface area contributed by atoms with Crippen LogP contribution in [0.1, 0.15) is 38.2 Å².